The third-order valence-corrected chi connectivity index (χ3v) is 3.32. The summed E-state index contributed by atoms with van der Waals surface area (Å²) in [5, 5.41) is 10.3. The van der Waals surface area contributed by atoms with Crippen molar-refractivity contribution >= 4 is 11.0 Å². The third-order valence-electron chi connectivity index (χ3n) is 3.32. The molecular weight excluding hydrogens is 236 g/mol. The summed E-state index contributed by atoms with van der Waals surface area (Å²) in [6.45, 7) is 3.61. The van der Waals surface area contributed by atoms with Gasteiger partial charge in [0, 0.05) is 0 Å². The molecule has 0 fully saturated rings. The van der Waals surface area contributed by atoms with Gasteiger partial charge in [0.15, 0.2) is 0 Å². The molecule has 3 rings (SSSR count). The number of aliphatic hydroxyl groups is 1. The summed E-state index contributed by atoms with van der Waals surface area (Å²) in [6.07, 6.45) is 1.69. The van der Waals surface area contributed by atoms with Gasteiger partial charge in [0.2, 0.25) is 0 Å². The Morgan fingerprint density at radius 1 is 1.11 bits per heavy atom. The van der Waals surface area contributed by atoms with Crippen molar-refractivity contribution in [3.63, 3.8) is 0 Å². The van der Waals surface area contributed by atoms with Crippen LogP contribution in [0.25, 0.3) is 22.2 Å². The highest BCUT2D eigenvalue weighted by molar-refractivity contribution is 5.82. The minimum atomic E-state index is -0.864. The summed E-state index contributed by atoms with van der Waals surface area (Å²) in [7, 11) is 0. The molecule has 3 nitrogen and oxygen atoms in total. The van der Waals surface area contributed by atoms with Crippen LogP contribution < -0.4 is 0 Å². The van der Waals surface area contributed by atoms with Crippen molar-refractivity contribution in [1.82, 2.24) is 9.97 Å². The lowest BCUT2D eigenvalue weighted by Crippen LogP contribution is -2.16. The van der Waals surface area contributed by atoms with Gasteiger partial charge < -0.3 is 10.1 Å². The molecule has 0 amide bonds. The molecule has 19 heavy (non-hydrogen) atoms. The summed E-state index contributed by atoms with van der Waals surface area (Å²) >= 11 is 0. The van der Waals surface area contributed by atoms with Gasteiger partial charge in [0.05, 0.1) is 23.0 Å². The Bertz CT molecular complexity index is 723. The molecule has 0 bridgehead atoms. The van der Waals surface area contributed by atoms with Gasteiger partial charge in [-0.15, -0.1) is 0 Å². The fourth-order valence-corrected chi connectivity index (χ4v) is 2.37. The number of imidazole rings is 1. The number of hydrogen-bond acceptors (Lipinski definition) is 2. The predicted molar refractivity (Wildman–Crippen MR) is 76.8 cm³/mol. The smallest absolute Gasteiger partial charge is 0.0931 e. The lowest BCUT2D eigenvalue weighted by atomic mass is 9.89. The maximum absolute atomic E-state index is 10.3. The van der Waals surface area contributed by atoms with Crippen molar-refractivity contribution in [2.45, 2.75) is 19.4 Å². The van der Waals surface area contributed by atoms with Gasteiger partial charge in [-0.2, -0.15) is 0 Å². The largest absolute Gasteiger partial charge is 0.386 e. The topological polar surface area (TPSA) is 48.9 Å². The summed E-state index contributed by atoms with van der Waals surface area (Å²) in [5.41, 5.74) is 4.12. The molecular formula is C16H16N2O. The van der Waals surface area contributed by atoms with Crippen molar-refractivity contribution in [1.29, 1.82) is 0 Å². The first kappa shape index (κ1) is 11.9. The summed E-state index contributed by atoms with van der Waals surface area (Å²) in [6, 6.07) is 14.0. The normalized spacial score (nSPS) is 11.9. The Hall–Kier alpha value is -2.13. The number of rotatable bonds is 2. The number of fused-ring (bicyclic) bond motifs is 1. The highest BCUT2D eigenvalue weighted by atomic mass is 16.3. The van der Waals surface area contributed by atoms with E-state index >= 15 is 0 Å². The predicted octanol–water partition coefficient (Wildman–Crippen LogP) is 3.46. The number of nitrogens with one attached hydrogen (secondary N) is 1. The third kappa shape index (κ3) is 2.13. The van der Waals surface area contributed by atoms with Crippen molar-refractivity contribution in [2.75, 3.05) is 0 Å². The average molecular weight is 252 g/mol. The van der Waals surface area contributed by atoms with E-state index in [1.165, 1.54) is 0 Å². The van der Waals surface area contributed by atoms with E-state index in [0.717, 1.165) is 27.7 Å². The zero-order valence-electron chi connectivity index (χ0n) is 11.0. The van der Waals surface area contributed by atoms with Crippen molar-refractivity contribution in [3.05, 3.63) is 54.4 Å². The Balaban J connectivity index is 2.21. The maximum Gasteiger partial charge on any atom is 0.0931 e. The second-order valence-corrected chi connectivity index (χ2v) is 5.24. The molecule has 0 saturated heterocycles. The molecule has 3 heteroatoms. The molecule has 0 saturated carbocycles. The number of H-pyrrole nitrogens is 1. The van der Waals surface area contributed by atoms with E-state index in [-0.39, 0.29) is 0 Å². The molecule has 0 atom stereocenters. The fraction of sp³-hybridized carbons (Fsp3) is 0.188. The quantitative estimate of drug-likeness (QED) is 0.733. The minimum absolute atomic E-state index is 0.864. The van der Waals surface area contributed by atoms with Crippen LogP contribution in [-0.2, 0) is 5.60 Å². The molecule has 2 aromatic carbocycles. The van der Waals surface area contributed by atoms with E-state index in [4.69, 9.17) is 0 Å². The number of nitrogens with zero attached hydrogens (tertiary/aromatic N) is 1. The molecule has 0 spiro atoms. The molecule has 0 unspecified atom stereocenters. The SMILES string of the molecule is CC(C)(O)c1ccccc1-c1ccc2[nH]cnc2c1. The minimum Gasteiger partial charge on any atom is -0.386 e. The van der Waals surface area contributed by atoms with Gasteiger partial charge in [-0.3, -0.25) is 0 Å². The van der Waals surface area contributed by atoms with E-state index in [1.807, 2.05) is 42.5 Å². The molecule has 0 aliphatic rings. The highest BCUT2D eigenvalue weighted by Crippen LogP contribution is 2.32. The first-order valence-electron chi connectivity index (χ1n) is 6.31. The Labute approximate surface area is 111 Å². The van der Waals surface area contributed by atoms with Crippen molar-refractivity contribution in [2.24, 2.45) is 0 Å². The Kier molecular flexibility index (Phi) is 2.64. The van der Waals surface area contributed by atoms with Crippen LogP contribution in [0.1, 0.15) is 19.4 Å². The average Bonchev–Trinajstić information content (AvgIpc) is 2.85. The van der Waals surface area contributed by atoms with Crippen LogP contribution in [0.15, 0.2) is 48.8 Å². The molecule has 1 aromatic heterocycles. The van der Waals surface area contributed by atoms with E-state index < -0.39 is 5.60 Å². The Morgan fingerprint density at radius 2 is 1.89 bits per heavy atom. The molecule has 0 radical (unpaired) electrons. The van der Waals surface area contributed by atoms with Crippen molar-refractivity contribution < 1.29 is 5.11 Å². The van der Waals surface area contributed by atoms with Crippen molar-refractivity contribution in [3.8, 4) is 11.1 Å². The standard InChI is InChI=1S/C16H16N2O/c1-16(2,19)13-6-4-3-5-12(13)11-7-8-14-15(9-11)18-10-17-14/h3-10,19H,1-2H3,(H,17,18). The lowest BCUT2D eigenvalue weighted by Gasteiger charge is -2.21. The summed E-state index contributed by atoms with van der Waals surface area (Å²) < 4.78 is 0. The fourth-order valence-electron chi connectivity index (χ4n) is 2.37. The van der Waals surface area contributed by atoms with Gasteiger partial charge in [-0.05, 0) is 42.7 Å². The number of aromatic nitrogens is 2. The second-order valence-electron chi connectivity index (χ2n) is 5.24. The molecule has 1 heterocycles. The molecule has 0 aliphatic carbocycles. The van der Waals surface area contributed by atoms with Gasteiger partial charge in [0.25, 0.3) is 0 Å². The van der Waals surface area contributed by atoms with Crippen LogP contribution in [0.2, 0.25) is 0 Å². The van der Waals surface area contributed by atoms with E-state index in [9.17, 15) is 5.11 Å². The van der Waals surface area contributed by atoms with Gasteiger partial charge >= 0.3 is 0 Å². The van der Waals surface area contributed by atoms with Crippen LogP contribution in [0, 0.1) is 0 Å². The monoisotopic (exact) mass is 252 g/mol. The van der Waals surface area contributed by atoms with Crippen LogP contribution in [0.3, 0.4) is 0 Å². The Morgan fingerprint density at radius 3 is 2.68 bits per heavy atom. The van der Waals surface area contributed by atoms with Crippen LogP contribution >= 0.6 is 0 Å². The first-order valence-corrected chi connectivity index (χ1v) is 6.31. The van der Waals surface area contributed by atoms with Gasteiger partial charge in [-0.25, -0.2) is 4.98 Å². The second kappa shape index (κ2) is 4.21. The molecule has 96 valence electrons. The highest BCUT2D eigenvalue weighted by Gasteiger charge is 2.20. The van der Waals surface area contributed by atoms with Crippen LogP contribution in [-0.4, -0.2) is 15.1 Å². The van der Waals surface area contributed by atoms with Crippen LogP contribution in [0.4, 0.5) is 0 Å². The van der Waals surface area contributed by atoms with Crippen LogP contribution in [0.5, 0.6) is 0 Å². The van der Waals surface area contributed by atoms with E-state index in [2.05, 4.69) is 9.97 Å². The number of hydrogen-bond donors (Lipinski definition) is 2. The molecule has 3 aromatic rings. The molecule has 0 aliphatic heterocycles. The summed E-state index contributed by atoms with van der Waals surface area (Å²) in [4.78, 5) is 7.36. The van der Waals surface area contributed by atoms with Gasteiger partial charge in [0.1, 0.15) is 0 Å². The first-order chi connectivity index (χ1) is 9.05. The number of aromatic amines is 1. The van der Waals surface area contributed by atoms with E-state index in [1.54, 1.807) is 20.2 Å². The number of benzene rings is 2. The summed E-state index contributed by atoms with van der Waals surface area (Å²) in [5.74, 6) is 0. The molecule has 2 N–H and O–H groups in total. The maximum atomic E-state index is 10.3. The zero-order chi connectivity index (χ0) is 13.5. The zero-order valence-corrected chi connectivity index (χ0v) is 11.0. The van der Waals surface area contributed by atoms with E-state index in [0.29, 0.717) is 0 Å². The van der Waals surface area contributed by atoms with Gasteiger partial charge in [-0.1, -0.05) is 30.3 Å². The lowest BCUT2D eigenvalue weighted by molar-refractivity contribution is 0.0792.